The number of nitrogens with one attached hydrogen (secondary N) is 2. The van der Waals surface area contributed by atoms with Crippen molar-refractivity contribution in [3.05, 3.63) is 64.6 Å². The van der Waals surface area contributed by atoms with E-state index < -0.39 is 10.0 Å². The van der Waals surface area contributed by atoms with Crippen molar-refractivity contribution >= 4 is 31.9 Å². The molecule has 0 bridgehead atoms. The largest absolute Gasteiger partial charge is 0.277 e. The maximum atomic E-state index is 12.1. The summed E-state index contributed by atoms with van der Waals surface area (Å²) in [6.07, 6.45) is 0.732. The van der Waals surface area contributed by atoms with Gasteiger partial charge in [-0.1, -0.05) is 46.3 Å². The standard InChI is InChI=1S/C16H15BrN2O3S/c17-12-6-8-13(9-7-12)23(21,22)19-18-16(20)15-10-14(15)11-4-2-1-3-5-11/h1-9,14-15,19H,10H2,(H,18,20). The van der Waals surface area contributed by atoms with Crippen LogP contribution in [0.3, 0.4) is 0 Å². The minimum absolute atomic E-state index is 0.0939. The highest BCUT2D eigenvalue weighted by Crippen LogP contribution is 2.47. The molecule has 0 saturated heterocycles. The molecule has 2 atom stereocenters. The summed E-state index contributed by atoms with van der Waals surface area (Å²) in [5, 5.41) is 0. The first-order valence-corrected chi connectivity index (χ1v) is 9.37. The number of amides is 1. The van der Waals surface area contributed by atoms with E-state index in [4.69, 9.17) is 0 Å². The number of rotatable bonds is 5. The Morgan fingerprint density at radius 1 is 1.04 bits per heavy atom. The molecule has 1 fully saturated rings. The fraction of sp³-hybridized carbons (Fsp3) is 0.188. The van der Waals surface area contributed by atoms with E-state index in [1.54, 1.807) is 12.1 Å². The lowest BCUT2D eigenvalue weighted by atomic mass is 10.1. The Bertz CT molecular complexity index is 807. The van der Waals surface area contributed by atoms with Crippen LogP contribution in [0.1, 0.15) is 17.9 Å². The topological polar surface area (TPSA) is 75.3 Å². The van der Waals surface area contributed by atoms with E-state index in [1.807, 2.05) is 30.3 Å². The average molecular weight is 395 g/mol. The molecular formula is C16H15BrN2O3S. The second-order valence-electron chi connectivity index (χ2n) is 5.41. The first-order valence-electron chi connectivity index (χ1n) is 7.09. The summed E-state index contributed by atoms with van der Waals surface area (Å²) < 4.78 is 25.0. The SMILES string of the molecule is O=C(NNS(=O)(=O)c1ccc(Br)cc1)C1CC1c1ccccc1. The van der Waals surface area contributed by atoms with Gasteiger partial charge in [-0.3, -0.25) is 10.2 Å². The highest BCUT2D eigenvalue weighted by atomic mass is 79.9. The van der Waals surface area contributed by atoms with E-state index in [2.05, 4.69) is 26.2 Å². The Kier molecular flexibility index (Phi) is 4.52. The van der Waals surface area contributed by atoms with Gasteiger partial charge in [-0.05, 0) is 42.2 Å². The molecule has 0 aromatic heterocycles. The van der Waals surface area contributed by atoms with Crippen LogP contribution in [0, 0.1) is 5.92 Å². The van der Waals surface area contributed by atoms with Gasteiger partial charge in [0.05, 0.1) is 4.90 Å². The van der Waals surface area contributed by atoms with E-state index in [9.17, 15) is 13.2 Å². The Hall–Kier alpha value is -1.70. The Morgan fingerprint density at radius 2 is 1.70 bits per heavy atom. The van der Waals surface area contributed by atoms with E-state index in [1.165, 1.54) is 12.1 Å². The Morgan fingerprint density at radius 3 is 2.35 bits per heavy atom. The molecule has 2 aromatic carbocycles. The number of carbonyl (C=O) groups excluding carboxylic acids is 1. The molecule has 5 nitrogen and oxygen atoms in total. The van der Waals surface area contributed by atoms with Crippen molar-refractivity contribution in [1.29, 1.82) is 0 Å². The third kappa shape index (κ3) is 3.80. The molecule has 1 saturated carbocycles. The normalized spacial score (nSPS) is 20.0. The maximum Gasteiger partial charge on any atom is 0.257 e. The Labute approximate surface area is 143 Å². The van der Waals surface area contributed by atoms with Crippen LogP contribution in [0.25, 0.3) is 0 Å². The van der Waals surface area contributed by atoms with E-state index >= 15 is 0 Å². The monoisotopic (exact) mass is 394 g/mol. The summed E-state index contributed by atoms with van der Waals surface area (Å²) in [6.45, 7) is 0. The molecule has 3 rings (SSSR count). The summed E-state index contributed by atoms with van der Waals surface area (Å²) in [7, 11) is -3.76. The van der Waals surface area contributed by atoms with Crippen molar-refractivity contribution in [2.24, 2.45) is 5.92 Å². The molecule has 7 heteroatoms. The molecule has 1 aliphatic carbocycles. The molecule has 0 aliphatic heterocycles. The number of benzene rings is 2. The van der Waals surface area contributed by atoms with Crippen LogP contribution in [0.4, 0.5) is 0 Å². The second-order valence-corrected chi connectivity index (χ2v) is 8.01. The molecule has 1 amide bonds. The minimum atomic E-state index is -3.76. The van der Waals surface area contributed by atoms with E-state index in [0.29, 0.717) is 0 Å². The van der Waals surface area contributed by atoms with Crippen LogP contribution in [0.2, 0.25) is 0 Å². The first-order chi connectivity index (χ1) is 11.0. The van der Waals surface area contributed by atoms with Gasteiger partial charge in [0, 0.05) is 10.4 Å². The highest BCUT2D eigenvalue weighted by molar-refractivity contribution is 9.10. The summed E-state index contributed by atoms with van der Waals surface area (Å²) >= 11 is 3.25. The third-order valence-electron chi connectivity index (χ3n) is 3.79. The summed E-state index contributed by atoms with van der Waals surface area (Å²) in [5.41, 5.74) is 3.41. The number of hydrazine groups is 1. The van der Waals surface area contributed by atoms with Crippen LogP contribution < -0.4 is 10.3 Å². The number of sulfonamides is 1. The van der Waals surface area contributed by atoms with Gasteiger partial charge in [0.15, 0.2) is 0 Å². The lowest BCUT2D eigenvalue weighted by molar-refractivity contribution is -0.122. The number of hydrogen-bond acceptors (Lipinski definition) is 3. The molecule has 0 heterocycles. The van der Waals surface area contributed by atoms with Gasteiger partial charge in [0.1, 0.15) is 0 Å². The molecule has 2 unspecified atom stereocenters. The van der Waals surface area contributed by atoms with Crippen molar-refractivity contribution in [1.82, 2.24) is 10.3 Å². The lowest BCUT2D eigenvalue weighted by Crippen LogP contribution is -2.42. The van der Waals surface area contributed by atoms with Gasteiger partial charge in [0.25, 0.3) is 10.0 Å². The fourth-order valence-electron chi connectivity index (χ4n) is 2.44. The molecular weight excluding hydrogens is 380 g/mol. The van der Waals surface area contributed by atoms with E-state index in [0.717, 1.165) is 16.5 Å². The predicted molar refractivity (Wildman–Crippen MR) is 89.9 cm³/mol. The summed E-state index contributed by atoms with van der Waals surface area (Å²) in [5.74, 6) is -0.335. The summed E-state index contributed by atoms with van der Waals surface area (Å²) in [4.78, 5) is 14.3. The van der Waals surface area contributed by atoms with Gasteiger partial charge in [-0.2, -0.15) is 0 Å². The molecule has 2 N–H and O–H groups in total. The third-order valence-corrected chi connectivity index (χ3v) is 5.58. The van der Waals surface area contributed by atoms with Gasteiger partial charge < -0.3 is 0 Å². The molecule has 0 radical (unpaired) electrons. The van der Waals surface area contributed by atoms with Crippen molar-refractivity contribution in [3.8, 4) is 0 Å². The number of carbonyl (C=O) groups is 1. The minimum Gasteiger partial charge on any atom is -0.277 e. The molecule has 2 aromatic rings. The summed E-state index contributed by atoms with van der Waals surface area (Å²) in [6, 6.07) is 15.9. The number of halogens is 1. The smallest absolute Gasteiger partial charge is 0.257 e. The fourth-order valence-corrected chi connectivity index (χ4v) is 3.55. The number of hydrogen-bond donors (Lipinski definition) is 2. The zero-order valence-corrected chi connectivity index (χ0v) is 14.5. The van der Waals surface area contributed by atoms with Crippen molar-refractivity contribution in [3.63, 3.8) is 0 Å². The second kappa shape index (κ2) is 6.43. The molecule has 23 heavy (non-hydrogen) atoms. The quantitative estimate of drug-likeness (QED) is 0.765. The average Bonchev–Trinajstić information content (AvgIpc) is 3.35. The van der Waals surface area contributed by atoms with Crippen molar-refractivity contribution < 1.29 is 13.2 Å². The van der Waals surface area contributed by atoms with Crippen LogP contribution >= 0.6 is 15.9 Å². The predicted octanol–water partition coefficient (Wildman–Crippen LogP) is 2.56. The molecule has 1 aliphatic rings. The maximum absolute atomic E-state index is 12.1. The van der Waals surface area contributed by atoms with Crippen LogP contribution in [-0.4, -0.2) is 14.3 Å². The van der Waals surface area contributed by atoms with Gasteiger partial charge >= 0.3 is 0 Å². The van der Waals surface area contributed by atoms with Crippen molar-refractivity contribution in [2.75, 3.05) is 0 Å². The van der Waals surface area contributed by atoms with Crippen LogP contribution in [-0.2, 0) is 14.8 Å². The highest BCUT2D eigenvalue weighted by Gasteiger charge is 2.44. The van der Waals surface area contributed by atoms with E-state index in [-0.39, 0.29) is 22.6 Å². The van der Waals surface area contributed by atoms with Crippen LogP contribution in [0.15, 0.2) is 64.0 Å². The molecule has 120 valence electrons. The van der Waals surface area contributed by atoms with Gasteiger partial charge in [-0.15, -0.1) is 4.83 Å². The zero-order chi connectivity index (χ0) is 16.4. The lowest BCUT2D eigenvalue weighted by Gasteiger charge is -2.08. The van der Waals surface area contributed by atoms with Crippen LogP contribution in [0.5, 0.6) is 0 Å². The van der Waals surface area contributed by atoms with Gasteiger partial charge in [-0.25, -0.2) is 8.42 Å². The molecule has 0 spiro atoms. The zero-order valence-electron chi connectivity index (χ0n) is 12.1. The Balaban J connectivity index is 1.58. The van der Waals surface area contributed by atoms with Gasteiger partial charge in [0.2, 0.25) is 5.91 Å². The first kappa shape index (κ1) is 16.2. The van der Waals surface area contributed by atoms with Crippen molar-refractivity contribution in [2.45, 2.75) is 17.2 Å².